The molecule has 0 aliphatic carbocycles. The van der Waals surface area contributed by atoms with Gasteiger partial charge in [0.15, 0.2) is 20.2 Å². The van der Waals surface area contributed by atoms with Crippen LogP contribution in [0.1, 0.15) is 42.0 Å². The van der Waals surface area contributed by atoms with Crippen molar-refractivity contribution in [2.75, 3.05) is 0 Å². The molecule has 0 saturated carbocycles. The second-order valence-electron chi connectivity index (χ2n) is 7.85. The zero-order valence-electron chi connectivity index (χ0n) is 21.5. The van der Waals surface area contributed by atoms with E-state index in [0.29, 0.717) is 5.92 Å². The molecule has 3 rings (SSSR count). The maximum Gasteiger partial charge on any atom is 2.00 e. The van der Waals surface area contributed by atoms with Crippen molar-refractivity contribution in [2.24, 2.45) is 0 Å². The Morgan fingerprint density at radius 2 is 0.878 bits per heavy atom. The van der Waals surface area contributed by atoms with Crippen LogP contribution in [0.2, 0.25) is 0 Å². The topological polar surface area (TPSA) is 114 Å². The van der Waals surface area contributed by atoms with Gasteiger partial charge in [0.05, 0.1) is 0 Å². The minimum atomic E-state index is -6.09. The van der Waals surface area contributed by atoms with E-state index in [9.17, 15) is 26.3 Å². The van der Waals surface area contributed by atoms with Crippen molar-refractivity contribution < 1.29 is 71.8 Å². The summed E-state index contributed by atoms with van der Waals surface area (Å²) in [6.45, 7) is 6.54. The van der Waals surface area contributed by atoms with Gasteiger partial charge in [0.2, 0.25) is 0 Å². The van der Waals surface area contributed by atoms with Crippen molar-refractivity contribution in [3.8, 4) is 11.8 Å². The fourth-order valence-corrected chi connectivity index (χ4v) is 2.14. The molecular weight excluding hydrogens is 687 g/mol. The molecule has 226 valence electrons. The molecule has 0 atom stereocenters. The van der Waals surface area contributed by atoms with E-state index in [1.54, 1.807) is 0 Å². The third kappa shape index (κ3) is 18.3. The van der Waals surface area contributed by atoms with Gasteiger partial charge in [-0.15, -0.1) is 0 Å². The third-order valence-corrected chi connectivity index (χ3v) is 5.34. The van der Waals surface area contributed by atoms with E-state index in [1.165, 1.54) is 11.1 Å². The molecule has 0 fully saturated rings. The number of aryl methyl sites for hydroxylation is 1. The van der Waals surface area contributed by atoms with Crippen molar-refractivity contribution in [3.05, 3.63) is 107 Å². The van der Waals surface area contributed by atoms with Gasteiger partial charge >= 0.3 is 30.5 Å². The summed E-state index contributed by atoms with van der Waals surface area (Å²) in [4.78, 5) is 0. The van der Waals surface area contributed by atoms with Crippen LogP contribution in [0, 0.1) is 18.8 Å². The van der Waals surface area contributed by atoms with E-state index < -0.39 is 31.3 Å². The Kier molecular flexibility index (Phi) is 17.7. The maximum atomic E-state index is 10.7. The van der Waals surface area contributed by atoms with Crippen LogP contribution >= 0.6 is 0 Å². The average Bonchev–Trinajstić information content (AvgIpc) is 2.83. The fourth-order valence-electron chi connectivity index (χ4n) is 2.14. The molecule has 0 saturated heterocycles. The summed E-state index contributed by atoms with van der Waals surface area (Å²) in [5.74, 6) is 6.88. The molecule has 15 heteroatoms. The van der Waals surface area contributed by atoms with E-state index in [0.717, 1.165) is 11.1 Å². The summed E-state index contributed by atoms with van der Waals surface area (Å²) in [7, 11) is -12.2. The summed E-state index contributed by atoms with van der Waals surface area (Å²) in [5.41, 5.74) is -6.43. The molecule has 0 aliphatic rings. The Labute approximate surface area is 248 Å². The minimum Gasteiger partial charge on any atom is -0.741 e. The van der Waals surface area contributed by atoms with Crippen molar-refractivity contribution in [3.63, 3.8) is 0 Å². The van der Waals surface area contributed by atoms with Gasteiger partial charge in [0.25, 0.3) is 0 Å². The van der Waals surface area contributed by atoms with Crippen molar-refractivity contribution in [1.29, 1.82) is 0 Å². The summed E-state index contributed by atoms with van der Waals surface area (Å²) >= 11 is 0. The van der Waals surface area contributed by atoms with Gasteiger partial charge in [0, 0.05) is 11.1 Å². The molecule has 0 aromatic heterocycles. The van der Waals surface area contributed by atoms with Crippen LogP contribution in [0.25, 0.3) is 0 Å². The quantitative estimate of drug-likeness (QED) is 0.0962. The van der Waals surface area contributed by atoms with E-state index in [4.69, 9.17) is 25.9 Å². The molecule has 0 unspecified atom stereocenters. The maximum absolute atomic E-state index is 10.7. The standard InChI is InChI=1S/C14H10.C10H14.2CHF3O3S.Ru/c1-3-7-13(8-4-1)11-12-14-9-5-2-6-10-14;1-8(2)10-6-4-9(3)5-7-10;2*2-1(3,4)8(5,6)7;/h1-10H;4-8H,1-3H3;2*(H,5,6,7);/q;;;;+2/p-2. The molecule has 0 aliphatic heterocycles. The first-order valence-electron chi connectivity index (χ1n) is 10.9. The zero-order chi connectivity index (χ0) is 31.2. The van der Waals surface area contributed by atoms with Crippen LogP contribution in [-0.4, -0.2) is 37.0 Å². The summed E-state index contributed by atoms with van der Waals surface area (Å²) in [6.07, 6.45) is 0. The summed E-state index contributed by atoms with van der Waals surface area (Å²) in [5, 5.41) is 0. The van der Waals surface area contributed by atoms with Crippen LogP contribution in [0.3, 0.4) is 0 Å². The first-order chi connectivity index (χ1) is 18.1. The van der Waals surface area contributed by atoms with Gasteiger partial charge in [-0.25, -0.2) is 16.8 Å². The van der Waals surface area contributed by atoms with Gasteiger partial charge in [-0.1, -0.05) is 91.9 Å². The monoisotopic (exact) mass is 712 g/mol. The number of benzene rings is 3. The van der Waals surface area contributed by atoms with Crippen LogP contribution < -0.4 is 0 Å². The normalized spacial score (nSPS) is 11.0. The van der Waals surface area contributed by atoms with E-state index in [-0.39, 0.29) is 19.5 Å². The number of hydrogen-bond donors (Lipinski definition) is 0. The van der Waals surface area contributed by atoms with Crippen LogP contribution in [0.15, 0.2) is 84.9 Å². The molecule has 0 amide bonds. The Balaban J connectivity index is 0. The predicted octanol–water partition coefficient (Wildman–Crippen LogP) is 6.31. The smallest absolute Gasteiger partial charge is 0.741 e. The molecular formula is C26H24F6O6RuS2. The molecule has 0 heterocycles. The average molecular weight is 712 g/mol. The summed E-state index contributed by atoms with van der Waals surface area (Å²) < 4.78 is 118. The first kappa shape index (κ1) is 40.4. The molecule has 6 nitrogen and oxygen atoms in total. The van der Waals surface area contributed by atoms with Gasteiger partial charge in [-0.2, -0.15) is 26.3 Å². The van der Waals surface area contributed by atoms with Gasteiger partial charge in [0.1, 0.15) is 0 Å². The molecule has 0 radical (unpaired) electrons. The predicted molar refractivity (Wildman–Crippen MR) is 136 cm³/mol. The molecule has 0 bridgehead atoms. The Bertz CT molecular complexity index is 1350. The minimum absolute atomic E-state index is 0. The molecule has 3 aromatic carbocycles. The molecule has 0 spiro atoms. The van der Waals surface area contributed by atoms with Crippen molar-refractivity contribution in [2.45, 2.75) is 37.7 Å². The number of alkyl halides is 6. The van der Waals surface area contributed by atoms with Crippen molar-refractivity contribution >= 4 is 20.2 Å². The number of hydrogen-bond acceptors (Lipinski definition) is 6. The number of halogens is 6. The second-order valence-corrected chi connectivity index (χ2v) is 10.6. The molecule has 41 heavy (non-hydrogen) atoms. The van der Waals surface area contributed by atoms with Gasteiger partial charge in [-0.05, 0) is 42.7 Å². The second kappa shape index (κ2) is 17.9. The Morgan fingerprint density at radius 3 is 1.10 bits per heavy atom. The zero-order valence-corrected chi connectivity index (χ0v) is 24.9. The fraction of sp³-hybridized carbons (Fsp3) is 0.231. The molecule has 3 aromatic rings. The van der Waals surface area contributed by atoms with E-state index in [2.05, 4.69) is 56.9 Å². The Hall–Kier alpha value is -2.76. The SMILES string of the molecule is C(#Cc1ccccc1)c1ccccc1.Cc1ccc(C(C)C)cc1.O=S(=O)([O-])C(F)(F)F.O=S(=O)([O-])C(F)(F)F.[Ru+2]. The van der Waals surface area contributed by atoms with Crippen LogP contribution in [-0.2, 0) is 39.7 Å². The first-order valence-corrected chi connectivity index (χ1v) is 13.7. The van der Waals surface area contributed by atoms with Crippen LogP contribution in [0.4, 0.5) is 26.3 Å². The number of rotatable bonds is 1. The van der Waals surface area contributed by atoms with Crippen molar-refractivity contribution in [1.82, 2.24) is 0 Å². The molecule has 0 N–H and O–H groups in total. The van der Waals surface area contributed by atoms with E-state index >= 15 is 0 Å². The van der Waals surface area contributed by atoms with Gasteiger partial charge < -0.3 is 9.11 Å². The van der Waals surface area contributed by atoms with E-state index in [1.807, 2.05) is 60.7 Å². The third-order valence-electron chi connectivity index (χ3n) is 4.21. The van der Waals surface area contributed by atoms with Gasteiger partial charge in [-0.3, -0.25) is 0 Å². The van der Waals surface area contributed by atoms with Crippen LogP contribution in [0.5, 0.6) is 0 Å². The Morgan fingerprint density at radius 1 is 0.610 bits per heavy atom. The largest absolute Gasteiger partial charge is 2.00 e. The summed E-state index contributed by atoms with van der Waals surface area (Å²) in [6, 6.07) is 28.7.